The van der Waals surface area contributed by atoms with Crippen molar-refractivity contribution in [3.8, 4) is 0 Å². The molecule has 2 nitrogen and oxygen atoms in total. The molecule has 0 saturated carbocycles. The molecule has 0 aliphatic carbocycles. The van der Waals surface area contributed by atoms with Crippen LogP contribution in [0.1, 0.15) is 20.8 Å². The highest BCUT2D eigenvalue weighted by atomic mass is 15.1. The van der Waals surface area contributed by atoms with E-state index in [1.165, 1.54) is 0 Å². The van der Waals surface area contributed by atoms with Gasteiger partial charge in [-0.2, -0.15) is 0 Å². The van der Waals surface area contributed by atoms with Crippen molar-refractivity contribution >= 4 is 0 Å². The maximum Gasteiger partial charge on any atom is 0.0914 e. The fourth-order valence-electron chi connectivity index (χ4n) is 0.613. The summed E-state index contributed by atoms with van der Waals surface area (Å²) in [6.07, 6.45) is 0. The molecular formula is C7H16N2. The molecule has 2 N–H and O–H groups in total. The van der Waals surface area contributed by atoms with E-state index in [2.05, 4.69) is 31.1 Å². The molecule has 0 unspecified atom stereocenters. The summed E-state index contributed by atoms with van der Waals surface area (Å²) >= 11 is 0. The van der Waals surface area contributed by atoms with Crippen molar-refractivity contribution in [3.63, 3.8) is 0 Å². The Labute approximate surface area is 57.3 Å². The first-order valence-corrected chi connectivity index (χ1v) is 3.36. The van der Waals surface area contributed by atoms with Crippen molar-refractivity contribution in [3.05, 3.63) is 12.4 Å². The number of nitrogens with one attached hydrogen (secondary N) is 2. The molecule has 0 aliphatic heterocycles. The van der Waals surface area contributed by atoms with Crippen molar-refractivity contribution < 1.29 is 0 Å². The summed E-state index contributed by atoms with van der Waals surface area (Å²) in [5, 5.41) is 6.21. The summed E-state index contributed by atoms with van der Waals surface area (Å²) in [5.74, 6) is 0.910. The Bertz CT molecular complexity index is 86.9. The largest absolute Gasteiger partial charge is 0.373 e. The average Bonchev–Trinajstić information content (AvgIpc) is 1.63. The number of hydrogen-bond donors (Lipinski definition) is 2. The van der Waals surface area contributed by atoms with Crippen LogP contribution in [0.25, 0.3) is 0 Å². The molecule has 2 heteroatoms. The first-order valence-electron chi connectivity index (χ1n) is 3.36. The maximum atomic E-state index is 3.76. The molecule has 0 radical (unpaired) electrons. The lowest BCUT2D eigenvalue weighted by Crippen LogP contribution is -2.30. The lowest BCUT2D eigenvalue weighted by Gasteiger charge is -2.12. The van der Waals surface area contributed by atoms with Crippen LogP contribution >= 0.6 is 0 Å². The van der Waals surface area contributed by atoms with Crippen LogP contribution in [0.15, 0.2) is 12.4 Å². The van der Waals surface area contributed by atoms with Crippen LogP contribution in [0.3, 0.4) is 0 Å². The van der Waals surface area contributed by atoms with E-state index in [1.807, 2.05) is 6.92 Å². The third-order valence-corrected chi connectivity index (χ3v) is 0.853. The fourth-order valence-corrected chi connectivity index (χ4v) is 0.613. The third kappa shape index (κ3) is 5.21. The minimum atomic E-state index is 0.469. The van der Waals surface area contributed by atoms with E-state index in [0.717, 1.165) is 12.4 Å². The summed E-state index contributed by atoms with van der Waals surface area (Å²) in [4.78, 5) is 0. The molecule has 0 aromatic carbocycles. The van der Waals surface area contributed by atoms with Gasteiger partial charge in [0, 0.05) is 12.6 Å². The van der Waals surface area contributed by atoms with Crippen LogP contribution in [0.4, 0.5) is 0 Å². The molecule has 0 spiro atoms. The van der Waals surface area contributed by atoms with Gasteiger partial charge >= 0.3 is 0 Å². The smallest absolute Gasteiger partial charge is 0.0914 e. The van der Waals surface area contributed by atoms with E-state index < -0.39 is 0 Å². The topological polar surface area (TPSA) is 24.1 Å². The van der Waals surface area contributed by atoms with Gasteiger partial charge in [0.05, 0.1) is 5.82 Å². The Morgan fingerprint density at radius 1 is 1.56 bits per heavy atom. The first kappa shape index (κ1) is 8.34. The molecule has 0 saturated heterocycles. The highest BCUT2D eigenvalue weighted by Gasteiger charge is 1.91. The van der Waals surface area contributed by atoms with E-state index in [4.69, 9.17) is 0 Å². The predicted molar refractivity (Wildman–Crippen MR) is 41.1 cm³/mol. The molecule has 0 bridgehead atoms. The molecular weight excluding hydrogens is 112 g/mol. The summed E-state index contributed by atoms with van der Waals surface area (Å²) in [5.41, 5.74) is 0. The zero-order valence-corrected chi connectivity index (χ0v) is 6.49. The van der Waals surface area contributed by atoms with Crippen LogP contribution in [-0.2, 0) is 0 Å². The summed E-state index contributed by atoms with van der Waals surface area (Å²) in [7, 11) is 0. The van der Waals surface area contributed by atoms with E-state index in [-0.39, 0.29) is 0 Å². The molecule has 0 rings (SSSR count). The van der Waals surface area contributed by atoms with Crippen LogP contribution in [0, 0.1) is 0 Å². The Morgan fingerprint density at radius 3 is 2.44 bits per heavy atom. The molecule has 0 fully saturated rings. The van der Waals surface area contributed by atoms with Crippen LogP contribution in [0.5, 0.6) is 0 Å². The Balaban J connectivity index is 3.27. The third-order valence-electron chi connectivity index (χ3n) is 0.853. The quantitative estimate of drug-likeness (QED) is 0.591. The van der Waals surface area contributed by atoms with E-state index in [0.29, 0.717) is 6.04 Å². The van der Waals surface area contributed by atoms with Crippen LogP contribution < -0.4 is 10.6 Å². The standard InChI is InChI=1S/C7H16N2/c1-5-8-7(4)9-6(2)3/h6,8-9H,4-5H2,1-3H3. The lowest BCUT2D eigenvalue weighted by atomic mass is 10.4. The SMILES string of the molecule is C=C(NCC)NC(C)C. The van der Waals surface area contributed by atoms with E-state index in [1.54, 1.807) is 0 Å². The van der Waals surface area contributed by atoms with E-state index >= 15 is 0 Å². The molecule has 0 aliphatic rings. The van der Waals surface area contributed by atoms with Gasteiger partial charge in [0.15, 0.2) is 0 Å². The molecule has 0 atom stereocenters. The monoisotopic (exact) mass is 128 g/mol. The number of hydrogen-bond acceptors (Lipinski definition) is 2. The van der Waals surface area contributed by atoms with Gasteiger partial charge in [0.2, 0.25) is 0 Å². The van der Waals surface area contributed by atoms with Crippen molar-refractivity contribution in [2.75, 3.05) is 6.54 Å². The summed E-state index contributed by atoms with van der Waals surface area (Å²) in [6.45, 7) is 10.9. The Kier molecular flexibility index (Phi) is 3.93. The van der Waals surface area contributed by atoms with Gasteiger partial charge in [-0.05, 0) is 20.8 Å². The summed E-state index contributed by atoms with van der Waals surface area (Å²) < 4.78 is 0. The minimum absolute atomic E-state index is 0.469. The van der Waals surface area contributed by atoms with Crippen molar-refractivity contribution in [1.82, 2.24) is 10.6 Å². The molecule has 0 aromatic rings. The maximum absolute atomic E-state index is 3.76. The second kappa shape index (κ2) is 4.24. The summed E-state index contributed by atoms with van der Waals surface area (Å²) in [6, 6.07) is 0.469. The molecule has 0 heterocycles. The minimum Gasteiger partial charge on any atom is -0.373 e. The molecule has 0 aromatic heterocycles. The van der Waals surface area contributed by atoms with Crippen molar-refractivity contribution in [2.45, 2.75) is 26.8 Å². The van der Waals surface area contributed by atoms with Gasteiger partial charge in [-0.3, -0.25) is 0 Å². The van der Waals surface area contributed by atoms with Crippen LogP contribution in [-0.4, -0.2) is 12.6 Å². The van der Waals surface area contributed by atoms with Gasteiger partial charge < -0.3 is 10.6 Å². The fraction of sp³-hybridized carbons (Fsp3) is 0.714. The average molecular weight is 128 g/mol. The second-order valence-corrected chi connectivity index (χ2v) is 2.31. The highest BCUT2D eigenvalue weighted by Crippen LogP contribution is 1.81. The van der Waals surface area contributed by atoms with Crippen molar-refractivity contribution in [2.24, 2.45) is 0 Å². The van der Waals surface area contributed by atoms with Gasteiger partial charge in [-0.1, -0.05) is 6.58 Å². The second-order valence-electron chi connectivity index (χ2n) is 2.31. The van der Waals surface area contributed by atoms with Gasteiger partial charge in [0.1, 0.15) is 0 Å². The van der Waals surface area contributed by atoms with Crippen molar-refractivity contribution in [1.29, 1.82) is 0 Å². The van der Waals surface area contributed by atoms with Gasteiger partial charge in [-0.15, -0.1) is 0 Å². The number of rotatable bonds is 4. The van der Waals surface area contributed by atoms with Gasteiger partial charge in [0.25, 0.3) is 0 Å². The first-order chi connectivity index (χ1) is 4.16. The lowest BCUT2D eigenvalue weighted by molar-refractivity contribution is 0.619. The molecule has 0 amide bonds. The normalized spacial score (nSPS) is 9.33. The van der Waals surface area contributed by atoms with Gasteiger partial charge in [-0.25, -0.2) is 0 Å². The van der Waals surface area contributed by atoms with E-state index in [9.17, 15) is 0 Å². The predicted octanol–water partition coefficient (Wildman–Crippen LogP) is 1.07. The van der Waals surface area contributed by atoms with Crippen LogP contribution in [0.2, 0.25) is 0 Å². The Morgan fingerprint density at radius 2 is 2.11 bits per heavy atom. The zero-order chi connectivity index (χ0) is 7.28. The molecule has 9 heavy (non-hydrogen) atoms. The molecule has 54 valence electrons. The highest BCUT2D eigenvalue weighted by molar-refractivity contribution is 4.88. The Hall–Kier alpha value is -0.660. The zero-order valence-electron chi connectivity index (χ0n) is 6.49.